The van der Waals surface area contributed by atoms with E-state index in [9.17, 15) is 9.59 Å². The molecule has 0 spiro atoms. The number of nitrogens with zero attached hydrogens (tertiary/aromatic N) is 1. The highest BCUT2D eigenvalue weighted by Crippen LogP contribution is 2.31. The van der Waals surface area contributed by atoms with Crippen LogP contribution in [0.15, 0.2) is 72.9 Å². The highest BCUT2D eigenvalue weighted by molar-refractivity contribution is 6.11. The normalized spacial score (nSPS) is 12.6. The minimum absolute atomic E-state index is 0.231. The molecular formula is C28H25NO6. The number of benzene rings is 2. The molecule has 0 N–H and O–H groups in total. The molecule has 0 saturated heterocycles. The number of ketones is 2. The fraction of sp³-hybridized carbons (Fsp3) is 0.179. The molecular weight excluding hydrogens is 446 g/mol. The van der Waals surface area contributed by atoms with Crippen molar-refractivity contribution in [2.24, 2.45) is 0 Å². The molecule has 1 aromatic heterocycles. The van der Waals surface area contributed by atoms with E-state index >= 15 is 0 Å². The van der Waals surface area contributed by atoms with Crippen LogP contribution in [0, 0.1) is 0 Å². The lowest BCUT2D eigenvalue weighted by molar-refractivity contribution is -0.121. The molecule has 4 rings (SSSR count). The molecule has 178 valence electrons. The number of rotatable bonds is 10. The Morgan fingerprint density at radius 2 is 1.74 bits per heavy atom. The van der Waals surface area contributed by atoms with Crippen molar-refractivity contribution in [2.75, 3.05) is 20.3 Å². The fourth-order valence-corrected chi connectivity index (χ4v) is 3.38. The summed E-state index contributed by atoms with van der Waals surface area (Å²) in [5.41, 5.74) is 2.31. The van der Waals surface area contributed by atoms with Crippen LogP contribution >= 0.6 is 0 Å². The predicted molar refractivity (Wildman–Crippen MR) is 132 cm³/mol. The van der Waals surface area contributed by atoms with E-state index in [0.29, 0.717) is 48.4 Å². The number of methoxy groups -OCH3 is 1. The zero-order valence-corrected chi connectivity index (χ0v) is 19.3. The van der Waals surface area contributed by atoms with Gasteiger partial charge < -0.3 is 18.9 Å². The third-order valence-electron chi connectivity index (χ3n) is 5.14. The van der Waals surface area contributed by atoms with E-state index < -0.39 is 0 Å². The van der Waals surface area contributed by atoms with Gasteiger partial charge in [-0.25, -0.2) is 0 Å². The number of ether oxygens (including phenoxy) is 4. The van der Waals surface area contributed by atoms with Crippen LogP contribution in [0.2, 0.25) is 0 Å². The molecule has 0 radical (unpaired) electrons. The van der Waals surface area contributed by atoms with Crippen LogP contribution in [-0.4, -0.2) is 36.9 Å². The van der Waals surface area contributed by atoms with Crippen molar-refractivity contribution in [1.29, 1.82) is 0 Å². The first-order valence-corrected chi connectivity index (χ1v) is 11.1. The second-order valence-electron chi connectivity index (χ2n) is 7.69. The van der Waals surface area contributed by atoms with E-state index in [0.717, 1.165) is 11.3 Å². The summed E-state index contributed by atoms with van der Waals surface area (Å²) in [6.45, 7) is 1.34. The minimum atomic E-state index is -0.306. The van der Waals surface area contributed by atoms with Crippen LogP contribution in [0.3, 0.4) is 0 Å². The van der Waals surface area contributed by atoms with Gasteiger partial charge in [0.1, 0.15) is 31.3 Å². The van der Waals surface area contributed by atoms with Gasteiger partial charge in [-0.05, 0) is 60.2 Å². The number of fused-ring (bicyclic) bond motifs is 1. The fourth-order valence-electron chi connectivity index (χ4n) is 3.38. The largest absolute Gasteiger partial charge is 0.496 e. The second kappa shape index (κ2) is 11.7. The van der Waals surface area contributed by atoms with Gasteiger partial charge in [0.05, 0.1) is 19.2 Å². The summed E-state index contributed by atoms with van der Waals surface area (Å²) in [5, 5.41) is 0. The lowest BCUT2D eigenvalue weighted by Crippen LogP contribution is -2.15. The number of carbonyl (C=O) groups excluding carboxylic acids is 2. The van der Waals surface area contributed by atoms with Gasteiger partial charge in [0.15, 0.2) is 23.1 Å². The molecule has 1 aliphatic rings. The summed E-state index contributed by atoms with van der Waals surface area (Å²) in [7, 11) is 1.54. The van der Waals surface area contributed by atoms with Gasteiger partial charge in [-0.15, -0.1) is 0 Å². The Morgan fingerprint density at radius 3 is 2.51 bits per heavy atom. The molecule has 0 fully saturated rings. The highest BCUT2D eigenvalue weighted by Gasteiger charge is 2.11. The number of pyridine rings is 1. The van der Waals surface area contributed by atoms with Gasteiger partial charge in [-0.3, -0.25) is 14.6 Å². The van der Waals surface area contributed by atoms with Crippen LogP contribution in [0.25, 0.3) is 12.2 Å². The molecule has 7 nitrogen and oxygen atoms in total. The molecule has 0 saturated carbocycles. The Kier molecular flexibility index (Phi) is 7.91. The van der Waals surface area contributed by atoms with Crippen LogP contribution < -0.4 is 18.9 Å². The highest BCUT2D eigenvalue weighted by atomic mass is 16.6. The maximum atomic E-state index is 12.3. The molecule has 7 heteroatoms. The Hall–Kier alpha value is -4.39. The summed E-state index contributed by atoms with van der Waals surface area (Å²) < 4.78 is 22.2. The average Bonchev–Trinajstić information content (AvgIpc) is 2.90. The van der Waals surface area contributed by atoms with Gasteiger partial charge in [0.25, 0.3) is 0 Å². The van der Waals surface area contributed by atoms with Crippen molar-refractivity contribution in [1.82, 2.24) is 4.98 Å². The molecule has 0 atom stereocenters. The van der Waals surface area contributed by atoms with Crippen molar-refractivity contribution < 1.29 is 28.5 Å². The number of hydrogen-bond donors (Lipinski definition) is 0. The van der Waals surface area contributed by atoms with E-state index in [-0.39, 0.29) is 18.0 Å². The quantitative estimate of drug-likeness (QED) is 0.313. The van der Waals surface area contributed by atoms with Gasteiger partial charge in [-0.1, -0.05) is 18.2 Å². The van der Waals surface area contributed by atoms with E-state index in [2.05, 4.69) is 4.98 Å². The molecule has 0 unspecified atom stereocenters. The Morgan fingerprint density at radius 1 is 0.943 bits per heavy atom. The molecule has 3 aromatic rings. The smallest absolute Gasteiger partial charge is 0.163 e. The van der Waals surface area contributed by atoms with Crippen molar-refractivity contribution in [2.45, 2.75) is 13.0 Å². The lowest BCUT2D eigenvalue weighted by atomic mass is 10.1. The number of carbonyl (C=O) groups is 2. The number of allylic oxidation sites excluding steroid dienone is 2. The molecule has 0 amide bonds. The molecule has 2 heterocycles. The zero-order chi connectivity index (χ0) is 24.5. The Balaban J connectivity index is 1.32. The first-order valence-electron chi connectivity index (χ1n) is 11.1. The van der Waals surface area contributed by atoms with E-state index in [1.54, 1.807) is 55.8 Å². The minimum Gasteiger partial charge on any atom is -0.496 e. The third kappa shape index (κ3) is 6.80. The van der Waals surface area contributed by atoms with Crippen LogP contribution in [0.1, 0.15) is 23.2 Å². The summed E-state index contributed by atoms with van der Waals surface area (Å²) in [5.74, 6) is 1.90. The summed E-state index contributed by atoms with van der Waals surface area (Å²) in [6, 6.07) is 16.4. The standard InChI is InChI=1S/C28H25NO6/c1-32-27-18-25(35-19-22-4-2-3-13-29-22)11-8-21(27)7-10-24(31)17-23(30)9-5-20-6-12-26-28(16-20)34-15-14-33-26/h2-13,16,18H,14-15,17,19H2,1H3. The average molecular weight is 472 g/mol. The molecule has 1 aliphatic heterocycles. The summed E-state index contributed by atoms with van der Waals surface area (Å²) >= 11 is 0. The second-order valence-corrected chi connectivity index (χ2v) is 7.69. The van der Waals surface area contributed by atoms with Gasteiger partial charge in [-0.2, -0.15) is 0 Å². The first-order chi connectivity index (χ1) is 17.1. The van der Waals surface area contributed by atoms with Crippen LogP contribution in [0.4, 0.5) is 0 Å². The topological polar surface area (TPSA) is 84.0 Å². The summed E-state index contributed by atoms with van der Waals surface area (Å²) in [4.78, 5) is 28.8. The van der Waals surface area contributed by atoms with Gasteiger partial charge in [0, 0.05) is 17.8 Å². The Bertz CT molecular complexity index is 1250. The molecule has 35 heavy (non-hydrogen) atoms. The SMILES string of the molecule is COc1cc(OCc2ccccn2)ccc1C=CC(=O)CC(=O)C=Cc1ccc2c(c1)OCCO2. The third-order valence-corrected chi connectivity index (χ3v) is 5.14. The van der Waals surface area contributed by atoms with Crippen LogP contribution in [-0.2, 0) is 16.2 Å². The van der Waals surface area contributed by atoms with Crippen molar-refractivity contribution in [3.63, 3.8) is 0 Å². The number of aromatic nitrogens is 1. The maximum Gasteiger partial charge on any atom is 0.163 e. The zero-order valence-electron chi connectivity index (χ0n) is 19.3. The molecule has 2 aromatic carbocycles. The van der Waals surface area contributed by atoms with Crippen molar-refractivity contribution in [3.8, 4) is 23.0 Å². The van der Waals surface area contributed by atoms with Crippen LogP contribution in [0.5, 0.6) is 23.0 Å². The first kappa shape index (κ1) is 23.8. The maximum absolute atomic E-state index is 12.3. The van der Waals surface area contributed by atoms with E-state index in [1.165, 1.54) is 12.2 Å². The van der Waals surface area contributed by atoms with E-state index in [1.807, 2.05) is 24.3 Å². The monoisotopic (exact) mass is 471 g/mol. The molecule has 0 aliphatic carbocycles. The van der Waals surface area contributed by atoms with E-state index in [4.69, 9.17) is 18.9 Å². The lowest BCUT2D eigenvalue weighted by Gasteiger charge is -2.18. The summed E-state index contributed by atoms with van der Waals surface area (Å²) in [6.07, 6.45) is 7.54. The van der Waals surface area contributed by atoms with Gasteiger partial charge >= 0.3 is 0 Å². The van der Waals surface area contributed by atoms with Crippen molar-refractivity contribution >= 4 is 23.7 Å². The molecule has 0 bridgehead atoms. The number of hydrogen-bond acceptors (Lipinski definition) is 7. The Labute approximate surface area is 203 Å². The van der Waals surface area contributed by atoms with Crippen molar-refractivity contribution in [3.05, 3.63) is 89.8 Å². The van der Waals surface area contributed by atoms with Gasteiger partial charge in [0.2, 0.25) is 0 Å². The predicted octanol–water partition coefficient (Wildman–Crippen LogP) is 4.70.